The van der Waals surface area contributed by atoms with Gasteiger partial charge in [0.25, 0.3) is 0 Å². The number of terminal acetylenes is 1. The summed E-state index contributed by atoms with van der Waals surface area (Å²) in [4.78, 5) is 0. The van der Waals surface area contributed by atoms with Gasteiger partial charge in [0, 0.05) is 17.4 Å². The average Bonchev–Trinajstić information content (AvgIpc) is 2.80. The summed E-state index contributed by atoms with van der Waals surface area (Å²) in [5.74, 6) is 3.34. The minimum Gasteiger partial charge on any atom is -0.459 e. The molecule has 2 rings (SSSR count). The summed E-state index contributed by atoms with van der Waals surface area (Å²) in [5.41, 5.74) is 1.75. The largest absolute Gasteiger partial charge is 0.459 e. The van der Waals surface area contributed by atoms with Crippen LogP contribution in [-0.4, -0.2) is 6.54 Å². The van der Waals surface area contributed by atoms with Crippen LogP contribution >= 0.6 is 0 Å². The van der Waals surface area contributed by atoms with Crippen LogP contribution in [0.4, 0.5) is 4.39 Å². The van der Waals surface area contributed by atoms with Crippen molar-refractivity contribution in [2.75, 3.05) is 6.54 Å². The van der Waals surface area contributed by atoms with Crippen LogP contribution in [0, 0.1) is 25.1 Å². The van der Waals surface area contributed by atoms with Crippen LogP contribution in [0.15, 0.2) is 22.6 Å². The van der Waals surface area contributed by atoms with E-state index in [-0.39, 0.29) is 11.9 Å². The van der Waals surface area contributed by atoms with E-state index in [1.165, 1.54) is 12.1 Å². The third kappa shape index (κ3) is 3.65. The first-order chi connectivity index (χ1) is 10.2. The van der Waals surface area contributed by atoms with E-state index < -0.39 is 0 Å². The fourth-order valence-electron chi connectivity index (χ4n) is 2.60. The second-order valence-corrected chi connectivity index (χ2v) is 5.33. The van der Waals surface area contributed by atoms with Crippen molar-refractivity contribution in [2.45, 2.75) is 45.6 Å². The number of furan rings is 1. The van der Waals surface area contributed by atoms with Crippen molar-refractivity contribution >= 4 is 11.0 Å². The highest BCUT2D eigenvalue weighted by atomic mass is 19.1. The van der Waals surface area contributed by atoms with Crippen molar-refractivity contribution < 1.29 is 8.81 Å². The minimum atomic E-state index is -0.233. The molecule has 0 aliphatic carbocycles. The third-order valence-corrected chi connectivity index (χ3v) is 3.71. The average molecular weight is 287 g/mol. The van der Waals surface area contributed by atoms with Crippen LogP contribution in [0.1, 0.15) is 50.0 Å². The van der Waals surface area contributed by atoms with Gasteiger partial charge >= 0.3 is 0 Å². The molecular formula is C18H22FNO. The van der Waals surface area contributed by atoms with Crippen molar-refractivity contribution in [2.24, 2.45) is 0 Å². The third-order valence-electron chi connectivity index (χ3n) is 3.71. The minimum absolute atomic E-state index is 0.133. The lowest BCUT2D eigenvalue weighted by Gasteiger charge is -2.16. The van der Waals surface area contributed by atoms with E-state index in [9.17, 15) is 4.39 Å². The molecule has 2 aromatic rings. The molecule has 21 heavy (non-hydrogen) atoms. The Morgan fingerprint density at radius 2 is 2.24 bits per heavy atom. The molecule has 1 N–H and O–H groups in total. The van der Waals surface area contributed by atoms with Gasteiger partial charge in [-0.15, -0.1) is 12.3 Å². The highest BCUT2D eigenvalue weighted by Crippen LogP contribution is 2.32. The lowest BCUT2D eigenvalue weighted by molar-refractivity contribution is 0.402. The van der Waals surface area contributed by atoms with Crippen molar-refractivity contribution in [1.82, 2.24) is 5.32 Å². The molecule has 0 amide bonds. The van der Waals surface area contributed by atoms with E-state index in [4.69, 9.17) is 10.8 Å². The van der Waals surface area contributed by atoms with Crippen molar-refractivity contribution in [3.63, 3.8) is 0 Å². The second-order valence-electron chi connectivity index (χ2n) is 5.33. The Hall–Kier alpha value is -1.79. The number of aryl methyl sites for hydroxylation is 1. The molecule has 1 atom stereocenters. The number of hydrogen-bond donors (Lipinski definition) is 1. The van der Waals surface area contributed by atoms with Crippen molar-refractivity contribution in [3.8, 4) is 12.3 Å². The van der Waals surface area contributed by atoms with Crippen molar-refractivity contribution in [3.05, 3.63) is 35.3 Å². The van der Waals surface area contributed by atoms with Gasteiger partial charge in [0.15, 0.2) is 0 Å². The van der Waals surface area contributed by atoms with Crippen LogP contribution in [0.5, 0.6) is 0 Å². The van der Waals surface area contributed by atoms with Crippen molar-refractivity contribution in [1.29, 1.82) is 0 Å². The summed E-state index contributed by atoms with van der Waals surface area (Å²) < 4.78 is 19.4. The molecule has 2 nitrogen and oxygen atoms in total. The van der Waals surface area contributed by atoms with Crippen LogP contribution in [0.25, 0.3) is 11.0 Å². The first kappa shape index (κ1) is 15.6. The maximum atomic E-state index is 13.4. The fourth-order valence-corrected chi connectivity index (χ4v) is 2.60. The quantitative estimate of drug-likeness (QED) is 0.588. The van der Waals surface area contributed by atoms with Crippen LogP contribution in [-0.2, 0) is 0 Å². The lowest BCUT2D eigenvalue weighted by atomic mass is 10.0. The van der Waals surface area contributed by atoms with Gasteiger partial charge in [-0.05, 0) is 50.9 Å². The highest BCUT2D eigenvalue weighted by Gasteiger charge is 2.19. The smallest absolute Gasteiger partial charge is 0.134 e. The molecule has 3 heteroatoms. The monoisotopic (exact) mass is 287 g/mol. The van der Waals surface area contributed by atoms with E-state index >= 15 is 0 Å². The number of benzene rings is 1. The summed E-state index contributed by atoms with van der Waals surface area (Å²) in [5, 5.41) is 4.36. The maximum absolute atomic E-state index is 13.4. The molecule has 0 saturated carbocycles. The summed E-state index contributed by atoms with van der Waals surface area (Å²) in [6.45, 7) is 5.04. The molecule has 1 aromatic carbocycles. The fraction of sp³-hybridized carbons (Fsp3) is 0.444. The van der Waals surface area contributed by atoms with Gasteiger partial charge in [-0.3, -0.25) is 0 Å². The number of hydrogen-bond acceptors (Lipinski definition) is 2. The molecule has 0 spiro atoms. The summed E-state index contributed by atoms with van der Waals surface area (Å²) >= 11 is 0. The Morgan fingerprint density at radius 1 is 1.43 bits per heavy atom. The van der Waals surface area contributed by atoms with Gasteiger partial charge in [-0.2, -0.15) is 0 Å². The Labute approximate surface area is 125 Å². The van der Waals surface area contributed by atoms with E-state index in [2.05, 4.69) is 18.2 Å². The standard InChI is InChI=1S/C18H22FNO/c1-4-6-7-8-16(20-11-5-2)18-13(3)15-12-14(19)9-10-17(15)21-18/h1,9-10,12,16,20H,5-8,11H2,2-3H3. The summed E-state index contributed by atoms with van der Waals surface area (Å²) in [7, 11) is 0. The Balaban J connectivity index is 2.29. The summed E-state index contributed by atoms with van der Waals surface area (Å²) in [6.07, 6.45) is 9.01. The first-order valence-corrected chi connectivity index (χ1v) is 7.52. The molecule has 0 fully saturated rings. The molecule has 1 heterocycles. The van der Waals surface area contributed by atoms with E-state index in [1.54, 1.807) is 6.07 Å². The zero-order chi connectivity index (χ0) is 15.2. The van der Waals surface area contributed by atoms with Gasteiger partial charge in [0.05, 0.1) is 6.04 Å². The Morgan fingerprint density at radius 3 is 2.95 bits per heavy atom. The predicted molar refractivity (Wildman–Crippen MR) is 84.6 cm³/mol. The van der Waals surface area contributed by atoms with Gasteiger partial charge in [0.1, 0.15) is 17.2 Å². The Bertz CT molecular complexity index is 638. The van der Waals surface area contributed by atoms with Gasteiger partial charge in [-0.25, -0.2) is 4.39 Å². The number of nitrogens with one attached hydrogen (secondary N) is 1. The van der Waals surface area contributed by atoms with Crippen LogP contribution < -0.4 is 5.32 Å². The predicted octanol–water partition coefficient (Wildman–Crippen LogP) is 4.72. The first-order valence-electron chi connectivity index (χ1n) is 7.52. The number of halogens is 1. The highest BCUT2D eigenvalue weighted by molar-refractivity contribution is 5.82. The van der Waals surface area contributed by atoms with E-state index in [0.29, 0.717) is 0 Å². The normalized spacial score (nSPS) is 12.5. The van der Waals surface area contributed by atoms with Gasteiger partial charge in [0.2, 0.25) is 0 Å². The molecule has 0 bridgehead atoms. The summed E-state index contributed by atoms with van der Waals surface area (Å²) in [6, 6.07) is 4.80. The zero-order valence-electron chi connectivity index (χ0n) is 12.7. The Kier molecular flexibility index (Phi) is 5.41. The molecule has 0 aliphatic rings. The topological polar surface area (TPSA) is 25.2 Å². The van der Waals surface area contributed by atoms with Gasteiger partial charge < -0.3 is 9.73 Å². The molecular weight excluding hydrogens is 265 g/mol. The maximum Gasteiger partial charge on any atom is 0.134 e. The zero-order valence-corrected chi connectivity index (χ0v) is 12.7. The van der Waals surface area contributed by atoms with Crippen LogP contribution in [0.3, 0.4) is 0 Å². The van der Waals surface area contributed by atoms with E-state index in [1.807, 2.05) is 6.92 Å². The molecule has 0 aliphatic heterocycles. The SMILES string of the molecule is C#CCCCC(NCCC)c1oc2ccc(F)cc2c1C. The molecule has 112 valence electrons. The molecule has 0 saturated heterocycles. The number of fused-ring (bicyclic) bond motifs is 1. The van der Waals surface area contributed by atoms with Gasteiger partial charge in [-0.1, -0.05) is 6.92 Å². The second kappa shape index (κ2) is 7.28. The molecule has 0 radical (unpaired) electrons. The number of unbranched alkanes of at least 4 members (excludes halogenated alkanes) is 1. The van der Waals surface area contributed by atoms with Crippen LogP contribution in [0.2, 0.25) is 0 Å². The molecule has 1 aromatic heterocycles. The van der Waals surface area contributed by atoms with E-state index in [0.717, 1.165) is 54.5 Å². The molecule has 1 unspecified atom stereocenters. The lowest BCUT2D eigenvalue weighted by Crippen LogP contribution is -2.22. The number of rotatable bonds is 7.